The summed E-state index contributed by atoms with van der Waals surface area (Å²) >= 11 is 0. The molecular formula is C12H14N4O2. The smallest absolute Gasteiger partial charge is 0.337 e. The fraction of sp³-hybridized carbons (Fsp3) is 0.250. The van der Waals surface area contributed by atoms with Gasteiger partial charge in [-0.1, -0.05) is 0 Å². The number of nitrogens with zero attached hydrogens (tertiary/aromatic N) is 3. The molecule has 0 fully saturated rings. The number of carbonyl (C=O) groups is 1. The van der Waals surface area contributed by atoms with Gasteiger partial charge in [-0.15, -0.1) is 0 Å². The summed E-state index contributed by atoms with van der Waals surface area (Å²) in [5, 5.41) is 16.3. The van der Waals surface area contributed by atoms with Gasteiger partial charge in [-0.2, -0.15) is 5.10 Å². The summed E-state index contributed by atoms with van der Waals surface area (Å²) in [4.78, 5) is 15.0. The number of aryl methyl sites for hydroxylation is 1. The van der Waals surface area contributed by atoms with Crippen LogP contribution in [0.5, 0.6) is 0 Å². The number of hydrogen-bond donors (Lipinski definition) is 2. The van der Waals surface area contributed by atoms with Gasteiger partial charge < -0.3 is 10.4 Å². The van der Waals surface area contributed by atoms with Crippen molar-refractivity contribution in [1.82, 2.24) is 20.1 Å². The van der Waals surface area contributed by atoms with Crippen molar-refractivity contribution in [2.45, 2.75) is 13.1 Å². The summed E-state index contributed by atoms with van der Waals surface area (Å²) in [7, 11) is 1.85. The van der Waals surface area contributed by atoms with Crippen LogP contribution in [-0.4, -0.2) is 25.8 Å². The molecule has 94 valence electrons. The zero-order chi connectivity index (χ0) is 13.0. The average Bonchev–Trinajstić information content (AvgIpc) is 2.75. The zero-order valence-corrected chi connectivity index (χ0v) is 10.00. The molecule has 2 rings (SSSR count). The Morgan fingerprint density at radius 1 is 1.44 bits per heavy atom. The van der Waals surface area contributed by atoms with Crippen LogP contribution in [0.4, 0.5) is 0 Å². The van der Waals surface area contributed by atoms with E-state index in [1.807, 2.05) is 19.3 Å². The maximum atomic E-state index is 11.0. The molecule has 0 unspecified atom stereocenters. The lowest BCUT2D eigenvalue weighted by molar-refractivity contribution is 0.0695. The Kier molecular flexibility index (Phi) is 3.69. The average molecular weight is 246 g/mol. The van der Waals surface area contributed by atoms with Gasteiger partial charge in [0, 0.05) is 32.5 Å². The molecule has 0 saturated carbocycles. The summed E-state index contributed by atoms with van der Waals surface area (Å²) < 4.78 is 1.72. The third-order valence-corrected chi connectivity index (χ3v) is 2.49. The van der Waals surface area contributed by atoms with Gasteiger partial charge in [0.1, 0.15) is 0 Å². The number of carboxylic acids is 1. The topological polar surface area (TPSA) is 80.0 Å². The molecule has 2 aromatic heterocycles. The first kappa shape index (κ1) is 12.3. The Morgan fingerprint density at radius 2 is 2.28 bits per heavy atom. The molecule has 18 heavy (non-hydrogen) atoms. The summed E-state index contributed by atoms with van der Waals surface area (Å²) in [6.07, 6.45) is 3.45. The molecule has 0 radical (unpaired) electrons. The van der Waals surface area contributed by atoms with Crippen LogP contribution >= 0.6 is 0 Å². The van der Waals surface area contributed by atoms with Gasteiger partial charge in [0.05, 0.1) is 17.0 Å². The normalized spacial score (nSPS) is 10.5. The van der Waals surface area contributed by atoms with Crippen LogP contribution in [0.2, 0.25) is 0 Å². The number of aromatic carboxylic acids is 1. The minimum atomic E-state index is -0.960. The second-order valence-electron chi connectivity index (χ2n) is 3.89. The predicted octanol–water partition coefficient (Wildman–Crippen LogP) is 0.803. The summed E-state index contributed by atoms with van der Waals surface area (Å²) in [5.74, 6) is -0.960. The molecular weight excluding hydrogens is 232 g/mol. The summed E-state index contributed by atoms with van der Waals surface area (Å²) in [5.41, 5.74) is 1.66. The van der Waals surface area contributed by atoms with Crippen molar-refractivity contribution in [3.05, 3.63) is 47.5 Å². The number of pyridine rings is 1. The van der Waals surface area contributed by atoms with Crippen LogP contribution < -0.4 is 5.32 Å². The van der Waals surface area contributed by atoms with E-state index in [4.69, 9.17) is 5.11 Å². The molecule has 0 aromatic carbocycles. The van der Waals surface area contributed by atoms with Crippen molar-refractivity contribution in [2.24, 2.45) is 7.05 Å². The Balaban J connectivity index is 1.96. The Hall–Kier alpha value is -2.21. The van der Waals surface area contributed by atoms with Crippen LogP contribution in [0.1, 0.15) is 21.7 Å². The van der Waals surface area contributed by atoms with E-state index < -0.39 is 5.97 Å². The Bertz CT molecular complexity index is 551. The van der Waals surface area contributed by atoms with E-state index in [1.165, 1.54) is 0 Å². The Morgan fingerprint density at radius 3 is 2.94 bits per heavy atom. The second-order valence-corrected chi connectivity index (χ2v) is 3.89. The van der Waals surface area contributed by atoms with Crippen molar-refractivity contribution in [3.63, 3.8) is 0 Å². The lowest BCUT2D eigenvalue weighted by Gasteiger charge is -2.05. The molecule has 0 atom stereocenters. The van der Waals surface area contributed by atoms with Crippen molar-refractivity contribution in [3.8, 4) is 0 Å². The zero-order valence-electron chi connectivity index (χ0n) is 10.00. The molecule has 0 spiro atoms. The van der Waals surface area contributed by atoms with Crippen molar-refractivity contribution >= 4 is 5.97 Å². The fourth-order valence-corrected chi connectivity index (χ4v) is 1.64. The highest BCUT2D eigenvalue weighted by molar-refractivity contribution is 5.88. The van der Waals surface area contributed by atoms with Crippen LogP contribution in [-0.2, 0) is 20.1 Å². The summed E-state index contributed by atoms with van der Waals surface area (Å²) in [6.45, 7) is 0.982. The van der Waals surface area contributed by atoms with Gasteiger partial charge in [0.25, 0.3) is 0 Å². The van der Waals surface area contributed by atoms with Crippen molar-refractivity contribution in [2.75, 3.05) is 0 Å². The SMILES string of the molecule is Cn1ccc(CNCc2ncccc2C(=O)O)n1. The highest BCUT2D eigenvalue weighted by Crippen LogP contribution is 2.05. The number of rotatable bonds is 5. The number of aromatic nitrogens is 3. The Labute approximate surface area is 104 Å². The van der Waals surface area contributed by atoms with E-state index in [9.17, 15) is 4.79 Å². The molecule has 2 aromatic rings. The third-order valence-electron chi connectivity index (χ3n) is 2.49. The monoisotopic (exact) mass is 246 g/mol. The van der Waals surface area contributed by atoms with Crippen molar-refractivity contribution < 1.29 is 9.90 Å². The van der Waals surface area contributed by atoms with Crippen LogP contribution in [0.25, 0.3) is 0 Å². The molecule has 6 heteroatoms. The molecule has 0 amide bonds. The maximum Gasteiger partial charge on any atom is 0.337 e. The standard InChI is InChI=1S/C12H14N4O2/c1-16-6-4-9(15-16)7-13-8-11-10(12(17)18)3-2-5-14-11/h2-6,13H,7-8H2,1H3,(H,17,18). The molecule has 6 nitrogen and oxygen atoms in total. The maximum absolute atomic E-state index is 11.0. The lowest BCUT2D eigenvalue weighted by atomic mass is 10.2. The summed E-state index contributed by atoms with van der Waals surface area (Å²) in [6, 6.07) is 5.07. The van der Waals surface area contributed by atoms with Gasteiger partial charge in [-0.05, 0) is 18.2 Å². The molecule has 2 heterocycles. The predicted molar refractivity (Wildman–Crippen MR) is 64.9 cm³/mol. The van der Waals surface area contributed by atoms with E-state index in [1.54, 1.807) is 23.0 Å². The van der Waals surface area contributed by atoms with Crippen molar-refractivity contribution in [1.29, 1.82) is 0 Å². The lowest BCUT2D eigenvalue weighted by Crippen LogP contribution is -2.17. The highest BCUT2D eigenvalue weighted by atomic mass is 16.4. The largest absolute Gasteiger partial charge is 0.478 e. The first-order chi connectivity index (χ1) is 8.66. The number of hydrogen-bond acceptors (Lipinski definition) is 4. The first-order valence-corrected chi connectivity index (χ1v) is 5.53. The molecule has 0 bridgehead atoms. The molecule has 0 aliphatic heterocycles. The first-order valence-electron chi connectivity index (χ1n) is 5.53. The fourth-order valence-electron chi connectivity index (χ4n) is 1.64. The van der Waals surface area contributed by atoms with Crippen LogP contribution in [0.3, 0.4) is 0 Å². The van der Waals surface area contributed by atoms with E-state index in [0.29, 0.717) is 18.8 Å². The van der Waals surface area contributed by atoms with Gasteiger partial charge >= 0.3 is 5.97 Å². The molecule has 0 aliphatic carbocycles. The van der Waals surface area contributed by atoms with Gasteiger partial charge in [0.2, 0.25) is 0 Å². The van der Waals surface area contributed by atoms with E-state index in [-0.39, 0.29) is 5.56 Å². The van der Waals surface area contributed by atoms with Gasteiger partial charge in [-0.3, -0.25) is 9.67 Å². The second kappa shape index (κ2) is 5.42. The van der Waals surface area contributed by atoms with Crippen LogP contribution in [0.15, 0.2) is 30.6 Å². The quantitative estimate of drug-likeness (QED) is 0.815. The van der Waals surface area contributed by atoms with Gasteiger partial charge in [-0.25, -0.2) is 4.79 Å². The van der Waals surface area contributed by atoms with E-state index in [2.05, 4.69) is 15.4 Å². The van der Waals surface area contributed by atoms with Gasteiger partial charge in [0.15, 0.2) is 0 Å². The number of nitrogens with one attached hydrogen (secondary N) is 1. The van der Waals surface area contributed by atoms with E-state index >= 15 is 0 Å². The minimum Gasteiger partial charge on any atom is -0.478 e. The molecule has 2 N–H and O–H groups in total. The molecule has 0 aliphatic rings. The van der Waals surface area contributed by atoms with E-state index in [0.717, 1.165) is 5.69 Å². The van der Waals surface area contributed by atoms with Crippen LogP contribution in [0, 0.1) is 0 Å². The minimum absolute atomic E-state index is 0.228. The molecule has 0 saturated heterocycles. The highest BCUT2D eigenvalue weighted by Gasteiger charge is 2.09. The number of carboxylic acid groups (broad SMARTS) is 1. The third kappa shape index (κ3) is 2.92.